The maximum atomic E-state index is 11.4. The lowest BCUT2D eigenvalue weighted by molar-refractivity contribution is -0.137. The van der Waals surface area contributed by atoms with Crippen LogP contribution in [0.25, 0.3) is 11.1 Å². The highest BCUT2D eigenvalue weighted by Crippen LogP contribution is 2.41. The fourth-order valence-electron chi connectivity index (χ4n) is 5.50. The van der Waals surface area contributed by atoms with Gasteiger partial charge in [0.2, 0.25) is 0 Å². The molecule has 4 heteroatoms. The molecule has 0 aromatic heterocycles. The van der Waals surface area contributed by atoms with Crippen LogP contribution >= 0.6 is 0 Å². The fraction of sp³-hybridized carbons (Fsp3) is 0.250. The Hall–Kier alpha value is -4.49. The highest BCUT2D eigenvalue weighted by Gasteiger charge is 2.25. The second-order valence-corrected chi connectivity index (χ2v) is 10.4. The molecular formula is C36H34O4. The molecule has 1 N–H and O–H groups in total. The minimum absolute atomic E-state index is 0.0110. The van der Waals surface area contributed by atoms with Gasteiger partial charge in [0.15, 0.2) is 0 Å². The number of carboxylic acid groups (broad SMARTS) is 1. The van der Waals surface area contributed by atoms with Gasteiger partial charge in [0.05, 0.1) is 12.3 Å². The van der Waals surface area contributed by atoms with Crippen molar-refractivity contribution in [2.75, 3.05) is 0 Å². The average Bonchev–Trinajstić information content (AvgIpc) is 2.96. The molecule has 0 fully saturated rings. The largest absolute Gasteiger partial charge is 0.488 e. The van der Waals surface area contributed by atoms with Crippen molar-refractivity contribution in [1.29, 1.82) is 0 Å². The second-order valence-electron chi connectivity index (χ2n) is 10.4. The molecular weight excluding hydrogens is 496 g/mol. The van der Waals surface area contributed by atoms with E-state index in [1.807, 2.05) is 30.3 Å². The Morgan fingerprint density at radius 3 is 2.50 bits per heavy atom. The molecule has 0 aliphatic carbocycles. The fourth-order valence-corrected chi connectivity index (χ4v) is 5.50. The summed E-state index contributed by atoms with van der Waals surface area (Å²) in [7, 11) is 0. The smallest absolute Gasteiger partial charge is 0.304 e. The van der Waals surface area contributed by atoms with Crippen molar-refractivity contribution in [3.63, 3.8) is 0 Å². The third-order valence-corrected chi connectivity index (χ3v) is 7.49. The Kier molecular flexibility index (Phi) is 8.22. The van der Waals surface area contributed by atoms with Gasteiger partial charge in [-0.15, -0.1) is 5.92 Å². The zero-order chi connectivity index (χ0) is 28.1. The van der Waals surface area contributed by atoms with Crippen LogP contribution in [-0.4, -0.2) is 11.1 Å². The number of fused-ring (bicyclic) bond motifs is 1. The Morgan fingerprint density at radius 1 is 1.00 bits per heavy atom. The number of hydrogen-bond donors (Lipinski definition) is 1. The lowest BCUT2D eigenvalue weighted by atomic mass is 9.89. The van der Waals surface area contributed by atoms with Gasteiger partial charge in [-0.1, -0.05) is 72.7 Å². The molecule has 0 spiro atoms. The van der Waals surface area contributed by atoms with Gasteiger partial charge in [-0.3, -0.25) is 4.79 Å². The van der Waals surface area contributed by atoms with E-state index in [2.05, 4.69) is 80.3 Å². The molecule has 0 saturated heterocycles. The third-order valence-electron chi connectivity index (χ3n) is 7.49. The molecule has 1 aliphatic rings. The summed E-state index contributed by atoms with van der Waals surface area (Å²) in [6, 6.07) is 29.0. The van der Waals surface area contributed by atoms with E-state index in [0.29, 0.717) is 6.61 Å². The Labute approximate surface area is 236 Å². The number of carbonyl (C=O) groups is 1. The molecule has 5 rings (SSSR count). The van der Waals surface area contributed by atoms with Crippen LogP contribution in [0.2, 0.25) is 0 Å². The number of aryl methyl sites for hydroxylation is 3. The van der Waals surface area contributed by atoms with E-state index in [9.17, 15) is 9.90 Å². The van der Waals surface area contributed by atoms with Crippen LogP contribution in [0.1, 0.15) is 65.2 Å². The van der Waals surface area contributed by atoms with Gasteiger partial charge in [-0.25, -0.2) is 0 Å². The van der Waals surface area contributed by atoms with E-state index < -0.39 is 5.97 Å². The predicted octanol–water partition coefficient (Wildman–Crippen LogP) is 8.20. The highest BCUT2D eigenvalue weighted by atomic mass is 16.5. The van der Waals surface area contributed by atoms with E-state index in [-0.39, 0.29) is 18.4 Å². The van der Waals surface area contributed by atoms with Gasteiger partial charge in [-0.05, 0) is 90.8 Å². The molecule has 0 bridgehead atoms. The van der Waals surface area contributed by atoms with E-state index in [1.165, 1.54) is 16.7 Å². The van der Waals surface area contributed by atoms with Crippen molar-refractivity contribution in [1.82, 2.24) is 0 Å². The molecule has 1 aliphatic heterocycles. The zero-order valence-corrected chi connectivity index (χ0v) is 23.2. The van der Waals surface area contributed by atoms with Crippen LogP contribution in [-0.2, 0) is 17.8 Å². The van der Waals surface area contributed by atoms with Crippen LogP contribution in [0.15, 0.2) is 84.9 Å². The first kappa shape index (κ1) is 27.1. The number of benzene rings is 4. The molecule has 4 aromatic rings. The van der Waals surface area contributed by atoms with Crippen molar-refractivity contribution in [3.05, 3.63) is 118 Å². The number of aliphatic carboxylic acids is 1. The van der Waals surface area contributed by atoms with Crippen molar-refractivity contribution >= 4 is 5.97 Å². The van der Waals surface area contributed by atoms with Crippen molar-refractivity contribution in [3.8, 4) is 34.5 Å². The number of ether oxygens (including phenoxy) is 2. The molecule has 1 unspecified atom stereocenters. The van der Waals surface area contributed by atoms with Gasteiger partial charge in [0, 0.05) is 5.56 Å². The monoisotopic (exact) mass is 530 g/mol. The van der Waals surface area contributed by atoms with Gasteiger partial charge >= 0.3 is 5.97 Å². The Morgan fingerprint density at radius 2 is 1.77 bits per heavy atom. The van der Waals surface area contributed by atoms with Gasteiger partial charge < -0.3 is 14.6 Å². The number of carboxylic acids is 1. The van der Waals surface area contributed by atoms with E-state index in [4.69, 9.17) is 9.47 Å². The van der Waals surface area contributed by atoms with Crippen LogP contribution in [0.3, 0.4) is 0 Å². The normalized spacial score (nSPS) is 14.7. The Balaban J connectivity index is 1.44. The minimum Gasteiger partial charge on any atom is -0.488 e. The van der Waals surface area contributed by atoms with Gasteiger partial charge in [0.25, 0.3) is 0 Å². The van der Waals surface area contributed by atoms with Crippen LogP contribution in [0.5, 0.6) is 11.5 Å². The maximum Gasteiger partial charge on any atom is 0.304 e. The van der Waals surface area contributed by atoms with Gasteiger partial charge in [0.1, 0.15) is 24.2 Å². The molecule has 1 heterocycles. The molecule has 0 amide bonds. The summed E-state index contributed by atoms with van der Waals surface area (Å²) in [6.07, 6.45) is 1.58. The molecule has 202 valence electrons. The second kappa shape index (κ2) is 12.1. The van der Waals surface area contributed by atoms with E-state index in [0.717, 1.165) is 52.2 Å². The number of hydrogen-bond acceptors (Lipinski definition) is 3. The lowest BCUT2D eigenvalue weighted by Crippen LogP contribution is -2.16. The van der Waals surface area contributed by atoms with Crippen LogP contribution in [0, 0.1) is 25.7 Å². The van der Waals surface area contributed by atoms with Crippen LogP contribution < -0.4 is 9.47 Å². The molecule has 0 radical (unpaired) electrons. The van der Waals surface area contributed by atoms with Crippen molar-refractivity contribution in [2.24, 2.45) is 0 Å². The first-order chi connectivity index (χ1) is 19.4. The molecule has 4 nitrogen and oxygen atoms in total. The summed E-state index contributed by atoms with van der Waals surface area (Å²) in [6.45, 7) is 6.52. The lowest BCUT2D eigenvalue weighted by Gasteiger charge is -2.28. The third kappa shape index (κ3) is 6.05. The summed E-state index contributed by atoms with van der Waals surface area (Å²) in [4.78, 5) is 11.4. The highest BCUT2D eigenvalue weighted by molar-refractivity contribution is 5.77. The van der Waals surface area contributed by atoms with Crippen LogP contribution in [0.4, 0.5) is 0 Å². The topological polar surface area (TPSA) is 55.8 Å². The number of rotatable bonds is 8. The summed E-state index contributed by atoms with van der Waals surface area (Å²) < 4.78 is 12.9. The van der Waals surface area contributed by atoms with Crippen molar-refractivity contribution < 1.29 is 19.4 Å². The summed E-state index contributed by atoms with van der Waals surface area (Å²) in [5.74, 6) is 6.44. The SMILES string of the molecule is CC#C[C@@H](CC(=O)O)c1ccc2c(c1)CCC(c1ccc(OCc3ccccc3)c(-c3c(C)cccc3C)c1)O2. The summed E-state index contributed by atoms with van der Waals surface area (Å²) in [5.41, 5.74) is 8.93. The standard InChI is InChI=1S/C36H34O4/c1-4-9-27(22-35(37)38)28-14-17-32-29(20-28)15-18-33(40-32)30-16-19-34(39-23-26-12-6-5-7-13-26)31(21-30)36-24(2)10-8-11-25(36)3/h5-8,10-14,16-17,19-21,27,33H,15,18,22-23H2,1-3H3,(H,37,38)/t27-,33?/m0/s1. The summed E-state index contributed by atoms with van der Waals surface area (Å²) in [5, 5.41) is 9.32. The Bertz CT molecular complexity index is 1560. The average molecular weight is 531 g/mol. The first-order valence-electron chi connectivity index (χ1n) is 13.7. The van der Waals surface area contributed by atoms with E-state index in [1.54, 1.807) is 6.92 Å². The first-order valence-corrected chi connectivity index (χ1v) is 13.7. The molecule has 2 atom stereocenters. The summed E-state index contributed by atoms with van der Waals surface area (Å²) >= 11 is 0. The predicted molar refractivity (Wildman–Crippen MR) is 159 cm³/mol. The van der Waals surface area contributed by atoms with Crippen molar-refractivity contribution in [2.45, 2.75) is 58.7 Å². The maximum absolute atomic E-state index is 11.4. The van der Waals surface area contributed by atoms with Gasteiger partial charge in [-0.2, -0.15) is 0 Å². The zero-order valence-electron chi connectivity index (χ0n) is 23.2. The molecule has 0 saturated carbocycles. The van der Waals surface area contributed by atoms with E-state index >= 15 is 0 Å². The quantitative estimate of drug-likeness (QED) is 0.233. The minimum atomic E-state index is -0.849. The molecule has 40 heavy (non-hydrogen) atoms. The molecule has 4 aromatic carbocycles.